The van der Waals surface area contributed by atoms with Crippen molar-refractivity contribution in [1.82, 2.24) is 15.2 Å². The van der Waals surface area contributed by atoms with Gasteiger partial charge in [0.1, 0.15) is 11.3 Å². The number of hydrogen-bond acceptors (Lipinski definition) is 4. The molecule has 0 unspecified atom stereocenters. The Kier molecular flexibility index (Phi) is 5.58. The molecule has 0 bridgehead atoms. The first-order valence-corrected chi connectivity index (χ1v) is 9.82. The zero-order valence-electron chi connectivity index (χ0n) is 15.2. The minimum atomic E-state index is 0.292. The molecule has 1 aromatic heterocycles. The molecule has 0 atom stereocenters. The van der Waals surface area contributed by atoms with Gasteiger partial charge in [0.15, 0.2) is 0 Å². The van der Waals surface area contributed by atoms with Crippen molar-refractivity contribution in [2.75, 3.05) is 13.1 Å². The second-order valence-corrected chi connectivity index (χ2v) is 7.64. The van der Waals surface area contributed by atoms with Crippen molar-refractivity contribution in [1.29, 1.82) is 0 Å². The van der Waals surface area contributed by atoms with Crippen LogP contribution in [0.25, 0.3) is 10.9 Å². The summed E-state index contributed by atoms with van der Waals surface area (Å²) in [4.78, 5) is 6.78. The second kappa shape index (κ2) is 8.26. The summed E-state index contributed by atoms with van der Waals surface area (Å²) in [5.41, 5.74) is 2.89. The van der Waals surface area contributed by atoms with E-state index in [1.165, 1.54) is 5.56 Å². The maximum atomic E-state index is 10.5. The summed E-state index contributed by atoms with van der Waals surface area (Å²) in [6.07, 6.45) is 3.94. The number of phenolic OH excluding ortho intramolecular Hbond substituents is 1. The molecule has 0 saturated carbocycles. The lowest BCUT2D eigenvalue weighted by Crippen LogP contribution is -2.41. The topological polar surface area (TPSA) is 48.4 Å². The molecule has 3 aromatic rings. The summed E-state index contributed by atoms with van der Waals surface area (Å²) in [7, 11) is 0. The quantitative estimate of drug-likeness (QED) is 0.689. The van der Waals surface area contributed by atoms with E-state index in [4.69, 9.17) is 11.6 Å². The van der Waals surface area contributed by atoms with Gasteiger partial charge in [-0.05, 0) is 49.7 Å². The molecule has 1 aliphatic heterocycles. The van der Waals surface area contributed by atoms with Gasteiger partial charge in [0.25, 0.3) is 0 Å². The average molecular weight is 382 g/mol. The summed E-state index contributed by atoms with van der Waals surface area (Å²) in [5.74, 6) is 0.292. The van der Waals surface area contributed by atoms with Crippen molar-refractivity contribution in [3.8, 4) is 5.75 Å². The van der Waals surface area contributed by atoms with E-state index in [1.807, 2.05) is 36.4 Å². The fourth-order valence-electron chi connectivity index (χ4n) is 3.71. The van der Waals surface area contributed by atoms with Gasteiger partial charge in [0, 0.05) is 41.3 Å². The molecule has 4 nitrogen and oxygen atoms in total. The third-order valence-electron chi connectivity index (χ3n) is 5.32. The first-order chi connectivity index (χ1) is 13.2. The Morgan fingerprint density at radius 3 is 2.63 bits per heavy atom. The molecular formula is C22H24ClN3O. The van der Waals surface area contributed by atoms with Crippen LogP contribution in [0.15, 0.2) is 54.7 Å². The average Bonchev–Trinajstić information content (AvgIpc) is 2.71. The smallest absolute Gasteiger partial charge is 0.146 e. The molecule has 27 heavy (non-hydrogen) atoms. The van der Waals surface area contributed by atoms with Crippen LogP contribution in [0.3, 0.4) is 0 Å². The zero-order chi connectivity index (χ0) is 18.6. The van der Waals surface area contributed by atoms with Gasteiger partial charge in [0.05, 0.1) is 0 Å². The van der Waals surface area contributed by atoms with Crippen LogP contribution in [-0.2, 0) is 13.1 Å². The molecule has 2 aromatic carbocycles. The summed E-state index contributed by atoms with van der Waals surface area (Å²) in [6, 6.07) is 16.5. The van der Waals surface area contributed by atoms with E-state index in [0.29, 0.717) is 23.9 Å². The Labute approximate surface area is 164 Å². The number of fused-ring (bicyclic) bond motifs is 1. The standard InChI is InChI=1S/C22H24ClN3O/c23-19-7-3-16(4-8-19)15-26-12-9-20(10-13-26)25-14-18-6-5-17-2-1-11-24-21(17)22(18)27/h1-8,11,20,25,27H,9-10,12-15H2. The van der Waals surface area contributed by atoms with Crippen LogP contribution in [0.1, 0.15) is 24.0 Å². The molecule has 0 amide bonds. The predicted octanol–water partition coefficient (Wildman–Crippen LogP) is 4.35. The van der Waals surface area contributed by atoms with Gasteiger partial charge in [-0.3, -0.25) is 9.88 Å². The van der Waals surface area contributed by atoms with E-state index in [-0.39, 0.29) is 0 Å². The Balaban J connectivity index is 1.29. The Morgan fingerprint density at radius 2 is 1.85 bits per heavy atom. The molecule has 1 aliphatic rings. The van der Waals surface area contributed by atoms with E-state index in [0.717, 1.165) is 48.4 Å². The number of nitrogens with zero attached hydrogens (tertiary/aromatic N) is 2. The van der Waals surface area contributed by atoms with Gasteiger partial charge < -0.3 is 10.4 Å². The molecule has 2 heterocycles. The number of benzene rings is 2. The number of nitrogens with one attached hydrogen (secondary N) is 1. The maximum absolute atomic E-state index is 10.5. The summed E-state index contributed by atoms with van der Waals surface area (Å²) in [6.45, 7) is 3.79. The first kappa shape index (κ1) is 18.2. The molecule has 0 radical (unpaired) electrons. The Bertz CT molecular complexity index is 905. The van der Waals surface area contributed by atoms with Crippen molar-refractivity contribution >= 4 is 22.5 Å². The van der Waals surface area contributed by atoms with Crippen LogP contribution in [0.5, 0.6) is 5.75 Å². The van der Waals surface area contributed by atoms with Crippen molar-refractivity contribution in [3.63, 3.8) is 0 Å². The van der Waals surface area contributed by atoms with Gasteiger partial charge in [-0.15, -0.1) is 0 Å². The highest BCUT2D eigenvalue weighted by Crippen LogP contribution is 2.27. The number of aromatic hydroxyl groups is 1. The number of piperidine rings is 1. The monoisotopic (exact) mass is 381 g/mol. The molecule has 2 N–H and O–H groups in total. The number of likely N-dealkylation sites (tertiary alicyclic amines) is 1. The Morgan fingerprint density at radius 1 is 1.07 bits per heavy atom. The predicted molar refractivity (Wildman–Crippen MR) is 110 cm³/mol. The highest BCUT2D eigenvalue weighted by Gasteiger charge is 2.19. The molecular weight excluding hydrogens is 358 g/mol. The maximum Gasteiger partial charge on any atom is 0.146 e. The van der Waals surface area contributed by atoms with E-state index >= 15 is 0 Å². The van der Waals surface area contributed by atoms with E-state index in [2.05, 4.69) is 27.3 Å². The second-order valence-electron chi connectivity index (χ2n) is 7.21. The SMILES string of the molecule is Oc1c(CNC2CCN(Cc3ccc(Cl)cc3)CC2)ccc2cccnc12. The largest absolute Gasteiger partial charge is 0.505 e. The van der Waals surface area contributed by atoms with E-state index in [1.54, 1.807) is 6.20 Å². The van der Waals surface area contributed by atoms with Crippen molar-refractivity contribution in [2.24, 2.45) is 0 Å². The highest BCUT2D eigenvalue weighted by atomic mass is 35.5. The fourth-order valence-corrected chi connectivity index (χ4v) is 3.84. The number of pyridine rings is 1. The van der Waals surface area contributed by atoms with Gasteiger partial charge >= 0.3 is 0 Å². The third-order valence-corrected chi connectivity index (χ3v) is 5.57. The Hall–Kier alpha value is -2.14. The van der Waals surface area contributed by atoms with Crippen LogP contribution in [0.4, 0.5) is 0 Å². The lowest BCUT2D eigenvalue weighted by atomic mass is 10.0. The number of halogens is 1. The van der Waals surface area contributed by atoms with Crippen LogP contribution in [0, 0.1) is 0 Å². The van der Waals surface area contributed by atoms with Crippen LogP contribution in [-0.4, -0.2) is 34.1 Å². The van der Waals surface area contributed by atoms with Gasteiger partial charge in [-0.2, -0.15) is 0 Å². The molecule has 0 spiro atoms. The number of rotatable bonds is 5. The zero-order valence-corrected chi connectivity index (χ0v) is 16.0. The number of phenols is 1. The molecule has 5 heteroatoms. The van der Waals surface area contributed by atoms with E-state index in [9.17, 15) is 5.11 Å². The molecule has 1 fully saturated rings. The van der Waals surface area contributed by atoms with Gasteiger partial charge in [-0.1, -0.05) is 41.9 Å². The first-order valence-electron chi connectivity index (χ1n) is 9.45. The number of aromatic nitrogens is 1. The minimum Gasteiger partial charge on any atom is -0.505 e. The molecule has 4 rings (SSSR count). The lowest BCUT2D eigenvalue weighted by Gasteiger charge is -2.32. The third kappa shape index (κ3) is 4.41. The fraction of sp³-hybridized carbons (Fsp3) is 0.318. The van der Waals surface area contributed by atoms with Gasteiger partial charge in [0.2, 0.25) is 0 Å². The molecule has 0 aliphatic carbocycles. The molecule has 140 valence electrons. The molecule has 1 saturated heterocycles. The van der Waals surface area contributed by atoms with Crippen LogP contribution < -0.4 is 5.32 Å². The van der Waals surface area contributed by atoms with Crippen LogP contribution in [0.2, 0.25) is 5.02 Å². The lowest BCUT2D eigenvalue weighted by molar-refractivity contribution is 0.190. The summed E-state index contributed by atoms with van der Waals surface area (Å²) >= 11 is 5.96. The van der Waals surface area contributed by atoms with Gasteiger partial charge in [-0.25, -0.2) is 0 Å². The summed E-state index contributed by atoms with van der Waals surface area (Å²) in [5, 5.41) is 15.8. The minimum absolute atomic E-state index is 0.292. The van der Waals surface area contributed by atoms with Crippen molar-refractivity contribution in [2.45, 2.75) is 32.0 Å². The number of hydrogen-bond donors (Lipinski definition) is 2. The van der Waals surface area contributed by atoms with E-state index < -0.39 is 0 Å². The normalized spacial score (nSPS) is 16.0. The van der Waals surface area contributed by atoms with Crippen LogP contribution >= 0.6 is 11.6 Å². The van der Waals surface area contributed by atoms with Crippen molar-refractivity contribution in [3.05, 3.63) is 70.9 Å². The summed E-state index contributed by atoms with van der Waals surface area (Å²) < 4.78 is 0. The highest BCUT2D eigenvalue weighted by molar-refractivity contribution is 6.30. The van der Waals surface area contributed by atoms with Crippen molar-refractivity contribution < 1.29 is 5.11 Å².